The fraction of sp³-hybridized carbons (Fsp3) is 0.458. The first-order valence-electron chi connectivity index (χ1n) is 10.3. The number of nitrogens with zero attached hydrogens (tertiary/aromatic N) is 1. The Morgan fingerprint density at radius 2 is 1.93 bits per heavy atom. The van der Waals surface area contributed by atoms with Crippen LogP contribution < -0.4 is 4.90 Å². The minimum Gasteiger partial charge on any atom is -0.487 e. The summed E-state index contributed by atoms with van der Waals surface area (Å²) in [5.74, 6) is 1.10. The Morgan fingerprint density at radius 3 is 2.62 bits per heavy atom. The van der Waals surface area contributed by atoms with E-state index in [2.05, 4.69) is 50.8 Å². The molecule has 1 heterocycles. The smallest absolute Gasteiger partial charge is 0.198 e. The van der Waals surface area contributed by atoms with Gasteiger partial charge in [-0.1, -0.05) is 19.9 Å². The zero-order chi connectivity index (χ0) is 21.0. The average molecular weight is 398 g/mol. The fourth-order valence-corrected chi connectivity index (χ4v) is 3.90. The highest BCUT2D eigenvalue weighted by Gasteiger charge is 2.33. The summed E-state index contributed by atoms with van der Waals surface area (Å²) in [4.78, 5) is 14.8. The number of ether oxygens (including phenoxy) is 1. The molecular formula is C24H31NO4. The van der Waals surface area contributed by atoms with Gasteiger partial charge in [-0.2, -0.15) is 0 Å². The molecule has 0 saturated heterocycles. The molecule has 5 heteroatoms. The van der Waals surface area contributed by atoms with Crippen LogP contribution in [-0.4, -0.2) is 37.2 Å². The Bertz CT molecular complexity index is 932. The van der Waals surface area contributed by atoms with Crippen molar-refractivity contribution in [3.05, 3.63) is 47.4 Å². The average Bonchev–Trinajstić information content (AvgIpc) is 3.08. The first-order chi connectivity index (χ1) is 13.9. The van der Waals surface area contributed by atoms with E-state index in [1.165, 1.54) is 0 Å². The molecule has 1 N–H and O–H groups in total. The zero-order valence-electron chi connectivity index (χ0n) is 17.8. The van der Waals surface area contributed by atoms with Crippen LogP contribution in [0.15, 0.2) is 46.1 Å². The monoisotopic (exact) mass is 397 g/mol. The molecule has 156 valence electrons. The van der Waals surface area contributed by atoms with Crippen LogP contribution in [0.4, 0.5) is 5.69 Å². The molecule has 0 atom stereocenters. The SMILES string of the molecule is CCN(CC)c1ccc2cc(C=CC3=C(OCCO)C(=O)CC(C)(C)C3)oc2c1. The van der Waals surface area contributed by atoms with Gasteiger partial charge in [-0.05, 0) is 55.5 Å². The molecule has 1 aliphatic carbocycles. The van der Waals surface area contributed by atoms with Crippen LogP contribution in [0.5, 0.6) is 0 Å². The molecular weight excluding hydrogens is 366 g/mol. The number of anilines is 1. The molecule has 0 saturated carbocycles. The van der Waals surface area contributed by atoms with Crippen LogP contribution in [0.2, 0.25) is 0 Å². The number of furan rings is 1. The predicted octanol–water partition coefficient (Wildman–Crippen LogP) is 4.94. The van der Waals surface area contributed by atoms with Crippen molar-refractivity contribution in [2.75, 3.05) is 31.2 Å². The number of carbonyl (C=O) groups excluding carboxylic acids is 1. The minimum absolute atomic E-state index is 0.0113. The lowest BCUT2D eigenvalue weighted by atomic mass is 9.76. The van der Waals surface area contributed by atoms with Gasteiger partial charge in [0, 0.05) is 36.7 Å². The number of ketones is 1. The quantitative estimate of drug-likeness (QED) is 0.683. The summed E-state index contributed by atoms with van der Waals surface area (Å²) in [6.07, 6.45) is 4.99. The van der Waals surface area contributed by atoms with E-state index in [0.29, 0.717) is 12.2 Å². The van der Waals surface area contributed by atoms with Crippen molar-refractivity contribution < 1.29 is 19.1 Å². The van der Waals surface area contributed by atoms with Gasteiger partial charge < -0.3 is 19.2 Å². The number of allylic oxidation sites excluding steroid dienone is 3. The van der Waals surface area contributed by atoms with Gasteiger partial charge >= 0.3 is 0 Å². The highest BCUT2D eigenvalue weighted by molar-refractivity contribution is 5.96. The van der Waals surface area contributed by atoms with Gasteiger partial charge in [0.1, 0.15) is 18.0 Å². The third-order valence-corrected chi connectivity index (χ3v) is 5.29. The summed E-state index contributed by atoms with van der Waals surface area (Å²) < 4.78 is 11.6. The highest BCUT2D eigenvalue weighted by atomic mass is 16.5. The number of carbonyl (C=O) groups is 1. The maximum Gasteiger partial charge on any atom is 0.198 e. The number of Topliss-reactive ketones (excluding diaryl/α,β-unsaturated/α-hetero) is 1. The van der Waals surface area contributed by atoms with Crippen LogP contribution in [0.1, 0.15) is 46.3 Å². The molecule has 0 fully saturated rings. The Hall–Kier alpha value is -2.53. The number of benzene rings is 1. The van der Waals surface area contributed by atoms with Gasteiger partial charge in [0.2, 0.25) is 0 Å². The Morgan fingerprint density at radius 1 is 1.17 bits per heavy atom. The standard InChI is InChI=1S/C24H31NO4/c1-5-25(6-2)19-9-7-17-13-20(29-22(17)14-19)10-8-18-15-24(3,4)16-21(27)23(18)28-12-11-26/h7-10,13-14,26H,5-6,11-12,15-16H2,1-4H3. The van der Waals surface area contributed by atoms with E-state index in [9.17, 15) is 4.79 Å². The third-order valence-electron chi connectivity index (χ3n) is 5.29. The van der Waals surface area contributed by atoms with E-state index < -0.39 is 0 Å². The molecule has 5 nitrogen and oxygen atoms in total. The summed E-state index contributed by atoms with van der Waals surface area (Å²) in [5, 5.41) is 10.1. The van der Waals surface area contributed by atoms with Crippen LogP contribution >= 0.6 is 0 Å². The van der Waals surface area contributed by atoms with Crippen molar-refractivity contribution in [2.24, 2.45) is 5.41 Å². The van der Waals surface area contributed by atoms with Gasteiger partial charge in [0.15, 0.2) is 11.5 Å². The van der Waals surface area contributed by atoms with Gasteiger partial charge in [-0.3, -0.25) is 4.79 Å². The highest BCUT2D eigenvalue weighted by Crippen LogP contribution is 2.38. The van der Waals surface area contributed by atoms with E-state index in [1.54, 1.807) is 0 Å². The normalized spacial score (nSPS) is 16.8. The van der Waals surface area contributed by atoms with Crippen molar-refractivity contribution in [3.63, 3.8) is 0 Å². The molecule has 1 aromatic carbocycles. The van der Waals surface area contributed by atoms with E-state index in [1.807, 2.05) is 18.2 Å². The van der Waals surface area contributed by atoms with Gasteiger partial charge in [0.25, 0.3) is 0 Å². The Labute approximate surface area is 172 Å². The number of hydrogen-bond acceptors (Lipinski definition) is 5. The molecule has 0 radical (unpaired) electrons. The first kappa shape index (κ1) is 21.2. The number of aliphatic hydroxyl groups is 1. The molecule has 0 bridgehead atoms. The summed E-state index contributed by atoms with van der Waals surface area (Å²) in [6.45, 7) is 10.3. The molecule has 0 unspecified atom stereocenters. The van der Waals surface area contributed by atoms with Crippen molar-refractivity contribution in [1.29, 1.82) is 0 Å². The molecule has 29 heavy (non-hydrogen) atoms. The van der Waals surface area contributed by atoms with Crippen LogP contribution in [0.25, 0.3) is 17.0 Å². The second-order valence-corrected chi connectivity index (χ2v) is 8.24. The lowest BCUT2D eigenvalue weighted by Crippen LogP contribution is -2.27. The van der Waals surface area contributed by atoms with Crippen molar-refractivity contribution >= 4 is 28.5 Å². The summed E-state index contributed by atoms with van der Waals surface area (Å²) in [6, 6.07) is 8.26. The zero-order valence-corrected chi connectivity index (χ0v) is 17.8. The predicted molar refractivity (Wildman–Crippen MR) is 117 cm³/mol. The van der Waals surface area contributed by atoms with E-state index in [0.717, 1.165) is 47.5 Å². The van der Waals surface area contributed by atoms with E-state index in [4.69, 9.17) is 14.3 Å². The molecule has 2 aromatic rings. The molecule has 3 rings (SSSR count). The molecule has 1 aromatic heterocycles. The largest absolute Gasteiger partial charge is 0.487 e. The lowest BCUT2D eigenvalue weighted by molar-refractivity contribution is -0.121. The number of fused-ring (bicyclic) bond motifs is 1. The molecule has 0 aliphatic heterocycles. The lowest BCUT2D eigenvalue weighted by Gasteiger charge is -2.30. The Kier molecular flexibility index (Phi) is 6.48. The van der Waals surface area contributed by atoms with Crippen LogP contribution in [0, 0.1) is 5.41 Å². The maximum atomic E-state index is 12.5. The molecule has 1 aliphatic rings. The number of hydrogen-bond donors (Lipinski definition) is 1. The summed E-state index contributed by atoms with van der Waals surface area (Å²) in [5.41, 5.74) is 2.73. The second kappa shape index (κ2) is 8.87. The fourth-order valence-electron chi connectivity index (χ4n) is 3.90. The minimum atomic E-state index is -0.116. The Balaban J connectivity index is 1.90. The van der Waals surface area contributed by atoms with Crippen LogP contribution in [0.3, 0.4) is 0 Å². The summed E-state index contributed by atoms with van der Waals surface area (Å²) in [7, 11) is 0. The van der Waals surface area contributed by atoms with Crippen molar-refractivity contribution in [1.82, 2.24) is 0 Å². The first-order valence-corrected chi connectivity index (χ1v) is 10.3. The molecule has 0 spiro atoms. The van der Waals surface area contributed by atoms with E-state index in [-0.39, 0.29) is 24.4 Å². The molecule has 0 amide bonds. The summed E-state index contributed by atoms with van der Waals surface area (Å²) >= 11 is 0. The van der Waals surface area contributed by atoms with E-state index >= 15 is 0 Å². The number of aliphatic hydroxyl groups excluding tert-OH is 1. The topological polar surface area (TPSA) is 62.9 Å². The maximum absolute atomic E-state index is 12.5. The third kappa shape index (κ3) is 4.91. The van der Waals surface area contributed by atoms with Gasteiger partial charge in [0.05, 0.1) is 6.61 Å². The number of rotatable bonds is 8. The van der Waals surface area contributed by atoms with Crippen LogP contribution in [-0.2, 0) is 9.53 Å². The van der Waals surface area contributed by atoms with Gasteiger partial charge in [-0.25, -0.2) is 0 Å². The van der Waals surface area contributed by atoms with Crippen molar-refractivity contribution in [3.8, 4) is 0 Å². The van der Waals surface area contributed by atoms with Crippen molar-refractivity contribution in [2.45, 2.75) is 40.5 Å². The van der Waals surface area contributed by atoms with Gasteiger partial charge in [-0.15, -0.1) is 0 Å². The second-order valence-electron chi connectivity index (χ2n) is 8.24.